The summed E-state index contributed by atoms with van der Waals surface area (Å²) in [6.45, 7) is 0. The number of aromatic nitrogens is 1. The minimum absolute atomic E-state index is 0.0932. The summed E-state index contributed by atoms with van der Waals surface area (Å²) >= 11 is 5.79. The van der Waals surface area contributed by atoms with Crippen molar-refractivity contribution in [2.24, 2.45) is 11.8 Å². The van der Waals surface area contributed by atoms with E-state index in [0.29, 0.717) is 11.6 Å². The van der Waals surface area contributed by atoms with E-state index in [4.69, 9.17) is 17.4 Å². The Morgan fingerprint density at radius 3 is 2.75 bits per heavy atom. The molecule has 1 fully saturated rings. The molecular weight excluding hydrogens is 298 g/mol. The second-order valence-corrected chi connectivity index (χ2v) is 8.15. The lowest BCUT2D eigenvalue weighted by molar-refractivity contribution is 0.274. The fraction of sp³-hybridized carbons (Fsp3) is 0.615. The van der Waals surface area contributed by atoms with Gasteiger partial charge in [0, 0.05) is 12.5 Å². The van der Waals surface area contributed by atoms with Crippen LogP contribution >= 0.6 is 11.6 Å². The summed E-state index contributed by atoms with van der Waals surface area (Å²) in [4.78, 5) is 4.06. The number of nitrogens with zero attached hydrogens (tertiary/aromatic N) is 1. The monoisotopic (exact) mass is 317 g/mol. The van der Waals surface area contributed by atoms with Gasteiger partial charge in [-0.05, 0) is 36.8 Å². The fourth-order valence-electron chi connectivity index (χ4n) is 2.95. The van der Waals surface area contributed by atoms with E-state index in [1.165, 1.54) is 6.26 Å². The van der Waals surface area contributed by atoms with E-state index in [1.54, 1.807) is 12.3 Å². The van der Waals surface area contributed by atoms with Gasteiger partial charge in [-0.1, -0.05) is 24.1 Å². The van der Waals surface area contributed by atoms with Crippen LogP contribution in [0.3, 0.4) is 0 Å². The molecule has 0 aliphatic heterocycles. The van der Waals surface area contributed by atoms with E-state index in [0.717, 1.165) is 24.8 Å². The molecule has 1 aliphatic carbocycles. The first kappa shape index (κ1) is 15.7. The zero-order valence-electron chi connectivity index (χ0n) is 11.4. The molecule has 7 heteroatoms. The van der Waals surface area contributed by atoms with Gasteiger partial charge in [-0.2, -0.15) is 0 Å². The minimum Gasteiger partial charge on any atom is -0.271 e. The topological polar surface area (TPSA) is 85.1 Å². The lowest BCUT2D eigenvalue weighted by Crippen LogP contribution is -2.38. The Hall–Kier alpha value is -0.690. The quantitative estimate of drug-likeness (QED) is 0.503. The zero-order valence-corrected chi connectivity index (χ0v) is 13.0. The SMILES string of the molecule is CS(=O)(=O)C1CCCC(C(NN)c2ccc(Cl)nc2)C1. The van der Waals surface area contributed by atoms with E-state index in [2.05, 4.69) is 10.4 Å². The molecule has 1 saturated carbocycles. The number of hydrogen-bond donors (Lipinski definition) is 2. The van der Waals surface area contributed by atoms with Gasteiger partial charge in [0.15, 0.2) is 0 Å². The van der Waals surface area contributed by atoms with Gasteiger partial charge in [0.1, 0.15) is 15.0 Å². The molecule has 3 unspecified atom stereocenters. The number of sulfone groups is 1. The highest BCUT2D eigenvalue weighted by Gasteiger charge is 2.33. The fourth-order valence-corrected chi connectivity index (χ4v) is 4.25. The summed E-state index contributed by atoms with van der Waals surface area (Å²) in [5, 5.41) is 0.166. The molecule has 112 valence electrons. The van der Waals surface area contributed by atoms with Gasteiger partial charge in [0.05, 0.1) is 11.3 Å². The maximum atomic E-state index is 11.7. The molecule has 20 heavy (non-hydrogen) atoms. The Kier molecular flexibility index (Phi) is 5.01. The van der Waals surface area contributed by atoms with Crippen LogP contribution in [0.15, 0.2) is 18.3 Å². The summed E-state index contributed by atoms with van der Waals surface area (Å²) in [7, 11) is -2.99. The third-order valence-corrected chi connectivity index (χ3v) is 5.90. The summed E-state index contributed by atoms with van der Waals surface area (Å²) < 4.78 is 23.5. The minimum atomic E-state index is -2.99. The molecule has 0 radical (unpaired) electrons. The normalized spacial score (nSPS) is 25.4. The van der Waals surface area contributed by atoms with Crippen molar-refractivity contribution in [1.29, 1.82) is 0 Å². The van der Waals surface area contributed by atoms with Crippen LogP contribution < -0.4 is 11.3 Å². The lowest BCUT2D eigenvalue weighted by Gasteiger charge is -2.33. The predicted octanol–water partition coefficient (Wildman–Crippen LogP) is 1.84. The van der Waals surface area contributed by atoms with Gasteiger partial charge in [0.25, 0.3) is 0 Å². The molecule has 0 spiro atoms. The van der Waals surface area contributed by atoms with Crippen molar-refractivity contribution in [1.82, 2.24) is 10.4 Å². The van der Waals surface area contributed by atoms with E-state index in [-0.39, 0.29) is 17.2 Å². The van der Waals surface area contributed by atoms with Crippen molar-refractivity contribution in [2.75, 3.05) is 6.26 Å². The molecule has 1 aromatic rings. The number of halogens is 1. The number of rotatable bonds is 4. The van der Waals surface area contributed by atoms with Gasteiger partial charge in [-0.15, -0.1) is 0 Å². The first-order valence-electron chi connectivity index (χ1n) is 6.68. The molecule has 2 rings (SSSR count). The molecule has 0 saturated heterocycles. The third-order valence-electron chi connectivity index (χ3n) is 4.03. The second kappa shape index (κ2) is 6.39. The van der Waals surface area contributed by atoms with Crippen molar-refractivity contribution < 1.29 is 8.42 Å². The van der Waals surface area contributed by atoms with Crippen molar-refractivity contribution in [3.63, 3.8) is 0 Å². The summed E-state index contributed by atoms with van der Waals surface area (Å²) in [5.41, 5.74) is 3.74. The molecule has 0 amide bonds. The smallest absolute Gasteiger partial charge is 0.150 e. The summed E-state index contributed by atoms with van der Waals surface area (Å²) in [6, 6.07) is 3.51. The van der Waals surface area contributed by atoms with E-state index >= 15 is 0 Å². The Morgan fingerprint density at radius 1 is 1.45 bits per heavy atom. The zero-order chi connectivity index (χ0) is 14.8. The van der Waals surface area contributed by atoms with Crippen LogP contribution in [0.2, 0.25) is 5.15 Å². The number of hydrogen-bond acceptors (Lipinski definition) is 5. The first-order valence-corrected chi connectivity index (χ1v) is 9.01. The molecule has 3 atom stereocenters. The third kappa shape index (κ3) is 3.69. The van der Waals surface area contributed by atoms with Crippen molar-refractivity contribution in [2.45, 2.75) is 37.0 Å². The number of hydrazine groups is 1. The molecule has 0 bridgehead atoms. The highest BCUT2D eigenvalue weighted by molar-refractivity contribution is 7.91. The Balaban J connectivity index is 2.17. The van der Waals surface area contributed by atoms with Gasteiger partial charge in [0.2, 0.25) is 0 Å². The number of nitrogens with one attached hydrogen (secondary N) is 1. The van der Waals surface area contributed by atoms with Gasteiger partial charge in [-0.25, -0.2) is 13.4 Å². The Bertz CT molecular complexity index is 547. The molecule has 0 aromatic carbocycles. The predicted molar refractivity (Wildman–Crippen MR) is 79.9 cm³/mol. The van der Waals surface area contributed by atoms with E-state index in [1.807, 2.05) is 6.07 Å². The van der Waals surface area contributed by atoms with Crippen LogP contribution in [0.4, 0.5) is 0 Å². The number of pyridine rings is 1. The van der Waals surface area contributed by atoms with Crippen LogP contribution in [0.5, 0.6) is 0 Å². The van der Waals surface area contributed by atoms with E-state index < -0.39 is 9.84 Å². The van der Waals surface area contributed by atoms with Crippen molar-refractivity contribution in [3.05, 3.63) is 29.0 Å². The maximum Gasteiger partial charge on any atom is 0.150 e. The number of nitrogens with two attached hydrogens (primary N) is 1. The molecule has 1 aliphatic rings. The maximum absolute atomic E-state index is 11.7. The van der Waals surface area contributed by atoms with Crippen LogP contribution in [0.25, 0.3) is 0 Å². The molecule has 3 N–H and O–H groups in total. The summed E-state index contributed by atoms with van der Waals surface area (Å²) in [6.07, 6.45) is 6.25. The summed E-state index contributed by atoms with van der Waals surface area (Å²) in [5.74, 6) is 5.86. The average Bonchev–Trinajstić information content (AvgIpc) is 2.41. The molecular formula is C13H20ClN3O2S. The molecule has 1 heterocycles. The van der Waals surface area contributed by atoms with Crippen LogP contribution in [0, 0.1) is 5.92 Å². The van der Waals surface area contributed by atoms with Crippen molar-refractivity contribution in [3.8, 4) is 0 Å². The van der Waals surface area contributed by atoms with Gasteiger partial charge >= 0.3 is 0 Å². The molecule has 5 nitrogen and oxygen atoms in total. The lowest BCUT2D eigenvalue weighted by atomic mass is 9.81. The second-order valence-electron chi connectivity index (χ2n) is 5.44. The van der Waals surface area contributed by atoms with Crippen LogP contribution in [-0.4, -0.2) is 24.9 Å². The van der Waals surface area contributed by atoms with Gasteiger partial charge in [-0.3, -0.25) is 11.3 Å². The van der Waals surface area contributed by atoms with Crippen LogP contribution in [0.1, 0.15) is 37.3 Å². The first-order chi connectivity index (χ1) is 9.41. The largest absolute Gasteiger partial charge is 0.271 e. The Morgan fingerprint density at radius 2 is 2.20 bits per heavy atom. The molecule has 1 aromatic heterocycles. The van der Waals surface area contributed by atoms with E-state index in [9.17, 15) is 8.42 Å². The van der Waals surface area contributed by atoms with Crippen molar-refractivity contribution >= 4 is 21.4 Å². The van der Waals surface area contributed by atoms with Crippen LogP contribution in [-0.2, 0) is 9.84 Å². The average molecular weight is 318 g/mol. The van der Waals surface area contributed by atoms with Gasteiger partial charge < -0.3 is 0 Å². The standard InChI is InChI=1S/C13H20ClN3O2S/c1-20(18,19)11-4-2-3-9(7-11)13(17-15)10-5-6-12(14)16-8-10/h5-6,8-9,11,13,17H,2-4,7,15H2,1H3. The Labute approximate surface area is 124 Å². The highest BCUT2D eigenvalue weighted by atomic mass is 35.5. The highest BCUT2D eigenvalue weighted by Crippen LogP contribution is 2.36.